The quantitative estimate of drug-likeness (QED) is 0.228. The Kier molecular flexibility index (Phi) is 17.0. The molecule has 0 saturated carbocycles. The molecule has 2 nitrogen and oxygen atoms in total. The first-order chi connectivity index (χ1) is 11.2. The van der Waals surface area contributed by atoms with E-state index in [-0.39, 0.29) is 0 Å². The van der Waals surface area contributed by atoms with Crippen molar-refractivity contribution < 1.29 is 9.90 Å². The van der Waals surface area contributed by atoms with Gasteiger partial charge in [0, 0.05) is 6.42 Å². The zero-order valence-electron chi connectivity index (χ0n) is 15.7. The summed E-state index contributed by atoms with van der Waals surface area (Å²) in [5.74, 6) is 0.245. The third kappa shape index (κ3) is 19.2. The van der Waals surface area contributed by atoms with Crippen LogP contribution in [0.3, 0.4) is 0 Å². The highest BCUT2D eigenvalue weighted by atomic mass is 16.4. The molecule has 0 heterocycles. The van der Waals surface area contributed by atoms with E-state index in [1.165, 1.54) is 64.2 Å². The molecule has 136 valence electrons. The van der Waals surface area contributed by atoms with Crippen molar-refractivity contribution in [2.75, 3.05) is 0 Å². The normalized spacial score (nSPS) is 12.8. The van der Waals surface area contributed by atoms with Gasteiger partial charge >= 0.3 is 5.97 Å². The predicted molar refractivity (Wildman–Crippen MR) is 101 cm³/mol. The minimum Gasteiger partial charge on any atom is -0.481 e. The van der Waals surface area contributed by atoms with E-state index in [2.05, 4.69) is 26.0 Å². The van der Waals surface area contributed by atoms with Crippen LogP contribution in [0.25, 0.3) is 0 Å². The van der Waals surface area contributed by atoms with Crippen LogP contribution in [-0.2, 0) is 4.79 Å². The van der Waals surface area contributed by atoms with E-state index in [0.717, 1.165) is 31.6 Å². The van der Waals surface area contributed by atoms with Gasteiger partial charge in [0.15, 0.2) is 0 Å². The van der Waals surface area contributed by atoms with Crippen molar-refractivity contribution in [3.05, 3.63) is 12.2 Å². The molecule has 0 aromatic carbocycles. The average molecular weight is 325 g/mol. The van der Waals surface area contributed by atoms with Crippen LogP contribution >= 0.6 is 0 Å². The summed E-state index contributed by atoms with van der Waals surface area (Å²) < 4.78 is 0. The van der Waals surface area contributed by atoms with E-state index >= 15 is 0 Å². The lowest BCUT2D eigenvalue weighted by atomic mass is 9.99. The van der Waals surface area contributed by atoms with E-state index in [1.807, 2.05) is 0 Å². The molecule has 0 aliphatic carbocycles. The van der Waals surface area contributed by atoms with Crippen molar-refractivity contribution >= 4 is 5.97 Å². The number of hydrogen-bond donors (Lipinski definition) is 1. The summed E-state index contributed by atoms with van der Waals surface area (Å²) in [7, 11) is 0. The first-order valence-corrected chi connectivity index (χ1v) is 10.0. The number of aliphatic carboxylic acids is 1. The Morgan fingerprint density at radius 1 is 0.826 bits per heavy atom. The molecule has 1 unspecified atom stereocenters. The van der Waals surface area contributed by atoms with Gasteiger partial charge in [0.2, 0.25) is 0 Å². The number of rotatable bonds is 17. The van der Waals surface area contributed by atoms with Gasteiger partial charge in [0.25, 0.3) is 0 Å². The summed E-state index contributed by atoms with van der Waals surface area (Å²) in [4.78, 5) is 10.4. The lowest BCUT2D eigenvalue weighted by Crippen LogP contribution is -1.93. The number of hydrogen-bond acceptors (Lipinski definition) is 1. The van der Waals surface area contributed by atoms with Gasteiger partial charge in [-0.1, -0.05) is 83.8 Å². The van der Waals surface area contributed by atoms with Crippen molar-refractivity contribution in [2.45, 2.75) is 110 Å². The van der Waals surface area contributed by atoms with E-state index in [1.54, 1.807) is 0 Å². The van der Waals surface area contributed by atoms with Gasteiger partial charge in [0.1, 0.15) is 0 Å². The van der Waals surface area contributed by atoms with Crippen LogP contribution in [0.5, 0.6) is 0 Å². The Morgan fingerprint density at radius 2 is 1.30 bits per heavy atom. The second kappa shape index (κ2) is 17.6. The maximum atomic E-state index is 10.4. The molecular formula is C21H40O2. The fourth-order valence-corrected chi connectivity index (χ4v) is 2.79. The van der Waals surface area contributed by atoms with Crippen molar-refractivity contribution in [1.29, 1.82) is 0 Å². The molecule has 0 rings (SSSR count). The molecule has 0 amide bonds. The lowest BCUT2D eigenvalue weighted by Gasteiger charge is -2.07. The number of carbonyl (C=O) groups is 1. The van der Waals surface area contributed by atoms with Gasteiger partial charge in [-0.2, -0.15) is 0 Å². The first kappa shape index (κ1) is 22.2. The molecule has 23 heavy (non-hydrogen) atoms. The van der Waals surface area contributed by atoms with Crippen molar-refractivity contribution in [3.8, 4) is 0 Å². The molecule has 0 spiro atoms. The minimum absolute atomic E-state index is 0.321. The van der Waals surface area contributed by atoms with Gasteiger partial charge in [0.05, 0.1) is 0 Å². The summed E-state index contributed by atoms with van der Waals surface area (Å²) >= 11 is 0. The largest absolute Gasteiger partial charge is 0.481 e. The van der Waals surface area contributed by atoms with Crippen molar-refractivity contribution in [2.24, 2.45) is 5.92 Å². The molecule has 0 aromatic heterocycles. The lowest BCUT2D eigenvalue weighted by molar-refractivity contribution is -0.137. The average Bonchev–Trinajstić information content (AvgIpc) is 2.53. The minimum atomic E-state index is -0.670. The highest BCUT2D eigenvalue weighted by Gasteiger charge is 1.98. The molecule has 1 N–H and O–H groups in total. The number of carboxylic acid groups (broad SMARTS) is 1. The van der Waals surface area contributed by atoms with Gasteiger partial charge in [-0.25, -0.2) is 0 Å². The Labute approximate surface area is 144 Å². The highest BCUT2D eigenvalue weighted by molar-refractivity contribution is 5.66. The second-order valence-corrected chi connectivity index (χ2v) is 7.03. The smallest absolute Gasteiger partial charge is 0.303 e. The van der Waals surface area contributed by atoms with Gasteiger partial charge in [-0.3, -0.25) is 4.79 Å². The zero-order valence-corrected chi connectivity index (χ0v) is 15.7. The standard InChI is InChI=1S/C21H40O2/c1-3-20(2)18-16-14-12-10-8-6-4-5-7-9-11-13-15-17-19-21(22)23/h7,9,20H,3-6,8,10-19H2,1-2H3,(H,22,23)/b9-7-. The molecule has 0 bridgehead atoms. The topological polar surface area (TPSA) is 37.3 Å². The number of carboxylic acids is 1. The summed E-state index contributed by atoms with van der Waals surface area (Å²) in [6.07, 6.45) is 22.7. The predicted octanol–water partition coefficient (Wildman–Crippen LogP) is 7.13. The van der Waals surface area contributed by atoms with Crippen molar-refractivity contribution in [3.63, 3.8) is 0 Å². The molecule has 0 aliphatic heterocycles. The van der Waals surface area contributed by atoms with Crippen LogP contribution in [0.1, 0.15) is 110 Å². The van der Waals surface area contributed by atoms with E-state index in [0.29, 0.717) is 6.42 Å². The molecule has 2 heteroatoms. The second-order valence-electron chi connectivity index (χ2n) is 7.03. The molecule has 1 atom stereocenters. The van der Waals surface area contributed by atoms with Gasteiger partial charge < -0.3 is 5.11 Å². The molecule has 0 saturated heterocycles. The summed E-state index contributed by atoms with van der Waals surface area (Å²) in [5.41, 5.74) is 0. The van der Waals surface area contributed by atoms with E-state index < -0.39 is 5.97 Å². The third-order valence-electron chi connectivity index (χ3n) is 4.69. The molecular weight excluding hydrogens is 284 g/mol. The van der Waals surface area contributed by atoms with Crippen LogP contribution in [0.2, 0.25) is 0 Å². The SMILES string of the molecule is CCC(C)CCCCCCCCC/C=C\CCCCCC(=O)O. The maximum Gasteiger partial charge on any atom is 0.303 e. The zero-order chi connectivity index (χ0) is 17.2. The number of allylic oxidation sites excluding steroid dienone is 2. The fourth-order valence-electron chi connectivity index (χ4n) is 2.79. The molecule has 0 aromatic rings. The Bertz CT molecular complexity index is 284. The van der Waals surface area contributed by atoms with E-state index in [9.17, 15) is 4.79 Å². The summed E-state index contributed by atoms with van der Waals surface area (Å²) in [6.45, 7) is 4.65. The molecule has 0 aliphatic rings. The molecule has 0 radical (unpaired) electrons. The van der Waals surface area contributed by atoms with Gasteiger partial charge in [-0.05, 0) is 38.0 Å². The third-order valence-corrected chi connectivity index (χ3v) is 4.69. The first-order valence-electron chi connectivity index (χ1n) is 10.0. The summed E-state index contributed by atoms with van der Waals surface area (Å²) in [6, 6.07) is 0. The van der Waals surface area contributed by atoms with Crippen LogP contribution in [-0.4, -0.2) is 11.1 Å². The highest BCUT2D eigenvalue weighted by Crippen LogP contribution is 2.15. The van der Waals surface area contributed by atoms with E-state index in [4.69, 9.17) is 5.11 Å². The Balaban J connectivity index is 3.12. The van der Waals surface area contributed by atoms with Gasteiger partial charge in [-0.15, -0.1) is 0 Å². The van der Waals surface area contributed by atoms with Crippen LogP contribution in [0, 0.1) is 5.92 Å². The Hall–Kier alpha value is -0.790. The number of unbranched alkanes of at least 4 members (excludes halogenated alkanes) is 10. The Morgan fingerprint density at radius 3 is 1.83 bits per heavy atom. The van der Waals surface area contributed by atoms with Crippen LogP contribution in [0.4, 0.5) is 0 Å². The monoisotopic (exact) mass is 324 g/mol. The fraction of sp³-hybridized carbons (Fsp3) is 0.857. The molecule has 0 fully saturated rings. The summed E-state index contributed by atoms with van der Waals surface area (Å²) in [5, 5.41) is 8.54. The van der Waals surface area contributed by atoms with Crippen molar-refractivity contribution in [1.82, 2.24) is 0 Å². The van der Waals surface area contributed by atoms with Crippen LogP contribution in [0.15, 0.2) is 12.2 Å². The maximum absolute atomic E-state index is 10.4. The van der Waals surface area contributed by atoms with Crippen LogP contribution < -0.4 is 0 Å².